The molecule has 10 heteroatoms. The summed E-state index contributed by atoms with van der Waals surface area (Å²) in [6, 6.07) is 0. The van der Waals surface area contributed by atoms with Crippen molar-refractivity contribution >= 4 is 27.9 Å². The summed E-state index contributed by atoms with van der Waals surface area (Å²) in [5.74, 6) is -0.276. The minimum atomic E-state index is -0.482. The van der Waals surface area contributed by atoms with Gasteiger partial charge in [0.1, 0.15) is 17.9 Å². The number of hydrogen-bond donors (Lipinski definition) is 1. The van der Waals surface area contributed by atoms with E-state index >= 15 is 0 Å². The van der Waals surface area contributed by atoms with E-state index in [4.69, 9.17) is 0 Å². The van der Waals surface area contributed by atoms with Crippen LogP contribution in [0.4, 0.5) is 5.69 Å². The number of rotatable bonds is 5. The van der Waals surface area contributed by atoms with Gasteiger partial charge in [0.25, 0.3) is 0 Å². The molecule has 0 aromatic carbocycles. The second-order valence-corrected chi connectivity index (χ2v) is 5.91. The topological polar surface area (TPSA) is 107 Å². The highest BCUT2D eigenvalue weighted by Crippen LogP contribution is 2.21. The Balaban J connectivity index is 1.64. The Hall–Kier alpha value is -2.75. The van der Waals surface area contributed by atoms with Crippen molar-refractivity contribution in [1.29, 1.82) is 0 Å². The van der Waals surface area contributed by atoms with Crippen molar-refractivity contribution in [2.45, 2.75) is 26.9 Å². The van der Waals surface area contributed by atoms with Crippen molar-refractivity contribution in [3.63, 3.8) is 0 Å². The Labute approximate surface area is 134 Å². The molecule has 0 aliphatic rings. The summed E-state index contributed by atoms with van der Waals surface area (Å²) in [6.07, 6.45) is 3.74. The minimum Gasteiger partial charge on any atom is -0.349 e. The Morgan fingerprint density at radius 2 is 2.26 bits per heavy atom. The van der Waals surface area contributed by atoms with Crippen LogP contribution in [0.15, 0.2) is 17.8 Å². The summed E-state index contributed by atoms with van der Waals surface area (Å²) in [5, 5.41) is 19.7. The lowest BCUT2D eigenvalue weighted by Crippen LogP contribution is -2.28. The van der Waals surface area contributed by atoms with E-state index in [-0.39, 0.29) is 18.1 Å². The third-order valence-corrected chi connectivity index (χ3v) is 4.20. The molecule has 0 fully saturated rings. The van der Waals surface area contributed by atoms with Gasteiger partial charge >= 0.3 is 5.69 Å². The van der Waals surface area contributed by atoms with Crippen LogP contribution in [0.3, 0.4) is 0 Å². The number of imidazole rings is 1. The number of hydrogen-bond acceptors (Lipinski definition) is 6. The van der Waals surface area contributed by atoms with Gasteiger partial charge in [0.05, 0.1) is 17.2 Å². The summed E-state index contributed by atoms with van der Waals surface area (Å²) >= 11 is 1.52. The van der Waals surface area contributed by atoms with E-state index < -0.39 is 4.92 Å². The van der Waals surface area contributed by atoms with Gasteiger partial charge in [-0.2, -0.15) is 5.10 Å². The highest BCUT2D eigenvalue weighted by atomic mass is 32.1. The second kappa shape index (κ2) is 5.80. The van der Waals surface area contributed by atoms with Crippen molar-refractivity contribution in [3.8, 4) is 0 Å². The molecule has 0 saturated heterocycles. The highest BCUT2D eigenvalue weighted by Gasteiger charge is 2.22. The van der Waals surface area contributed by atoms with E-state index in [2.05, 4.69) is 15.4 Å². The number of amides is 1. The molecule has 0 aliphatic heterocycles. The molecule has 0 radical (unpaired) electrons. The number of nitrogens with zero attached hydrogens (tertiary/aromatic N) is 5. The highest BCUT2D eigenvalue weighted by molar-refractivity contribution is 7.15. The molecule has 0 aliphatic carbocycles. The van der Waals surface area contributed by atoms with E-state index in [1.165, 1.54) is 16.0 Å². The average Bonchev–Trinajstić information content (AvgIpc) is 3.11. The maximum atomic E-state index is 12.0. The third-order valence-electron chi connectivity index (χ3n) is 3.43. The number of aryl methyl sites for hydroxylation is 1. The monoisotopic (exact) mass is 334 g/mol. The number of aromatic nitrogens is 4. The first-order valence-electron chi connectivity index (χ1n) is 6.82. The molecule has 1 amide bonds. The normalized spacial score (nSPS) is 11.0. The van der Waals surface area contributed by atoms with Gasteiger partial charge in [-0.3, -0.25) is 24.0 Å². The van der Waals surface area contributed by atoms with Gasteiger partial charge in [0.15, 0.2) is 4.96 Å². The van der Waals surface area contributed by atoms with E-state index in [0.29, 0.717) is 17.9 Å². The fraction of sp³-hybridized carbons (Fsp3) is 0.308. The molecule has 0 unspecified atom stereocenters. The zero-order chi connectivity index (χ0) is 16.6. The Bertz CT molecular complexity index is 864. The summed E-state index contributed by atoms with van der Waals surface area (Å²) < 4.78 is 3.23. The standard InChI is InChI=1S/C13H14N6O3S/c1-8-12(19(21)22)9(2)18(16-8)7-11(20)14-5-10-6-17-3-4-23-13(17)15-10/h3-4,6H,5,7H2,1-2H3,(H,14,20). The first-order valence-corrected chi connectivity index (χ1v) is 7.70. The van der Waals surface area contributed by atoms with Crippen molar-refractivity contribution in [3.05, 3.63) is 45.0 Å². The molecule has 3 heterocycles. The molecule has 0 spiro atoms. The van der Waals surface area contributed by atoms with Crippen LogP contribution in [0.5, 0.6) is 0 Å². The first-order chi connectivity index (χ1) is 11.0. The van der Waals surface area contributed by atoms with E-state index in [1.54, 1.807) is 13.8 Å². The number of nitro groups is 1. The quantitative estimate of drug-likeness (QED) is 0.561. The van der Waals surface area contributed by atoms with Crippen molar-refractivity contribution < 1.29 is 9.72 Å². The zero-order valence-electron chi connectivity index (χ0n) is 12.5. The molecule has 0 bridgehead atoms. The molecule has 3 aromatic rings. The molecule has 9 nitrogen and oxygen atoms in total. The maximum Gasteiger partial charge on any atom is 0.312 e. The van der Waals surface area contributed by atoms with Gasteiger partial charge in [-0.05, 0) is 13.8 Å². The van der Waals surface area contributed by atoms with Gasteiger partial charge in [-0.1, -0.05) is 0 Å². The number of carbonyl (C=O) groups excluding carboxylic acids is 1. The van der Waals surface area contributed by atoms with Crippen LogP contribution >= 0.6 is 11.3 Å². The lowest BCUT2D eigenvalue weighted by molar-refractivity contribution is -0.386. The average molecular weight is 334 g/mol. The molecule has 0 atom stereocenters. The van der Waals surface area contributed by atoms with Crippen molar-refractivity contribution in [2.75, 3.05) is 0 Å². The minimum absolute atomic E-state index is 0.0489. The van der Waals surface area contributed by atoms with Crippen LogP contribution in [0, 0.1) is 24.0 Å². The molecular formula is C13H14N6O3S. The maximum absolute atomic E-state index is 12.0. The SMILES string of the molecule is Cc1nn(CC(=O)NCc2cn3ccsc3n2)c(C)c1[N+](=O)[O-]. The van der Waals surface area contributed by atoms with Crippen molar-refractivity contribution in [2.24, 2.45) is 0 Å². The fourth-order valence-corrected chi connectivity index (χ4v) is 3.07. The third kappa shape index (κ3) is 2.93. The fourth-order valence-electron chi connectivity index (χ4n) is 2.35. The summed E-state index contributed by atoms with van der Waals surface area (Å²) in [5.41, 5.74) is 1.37. The lowest BCUT2D eigenvalue weighted by Gasteiger charge is -2.04. The van der Waals surface area contributed by atoms with E-state index in [0.717, 1.165) is 10.7 Å². The Kier molecular flexibility index (Phi) is 3.82. The van der Waals surface area contributed by atoms with E-state index in [9.17, 15) is 14.9 Å². The van der Waals surface area contributed by atoms with Crippen LogP contribution in [0.2, 0.25) is 0 Å². The van der Waals surface area contributed by atoms with E-state index in [1.807, 2.05) is 22.2 Å². The van der Waals surface area contributed by atoms with Gasteiger partial charge < -0.3 is 5.32 Å². The predicted octanol–water partition coefficient (Wildman–Crippen LogP) is 1.43. The smallest absolute Gasteiger partial charge is 0.312 e. The summed E-state index contributed by atoms with van der Waals surface area (Å²) in [7, 11) is 0. The molecule has 3 rings (SSSR count). The van der Waals surface area contributed by atoms with Crippen LogP contribution in [0.1, 0.15) is 17.1 Å². The van der Waals surface area contributed by atoms with Crippen molar-refractivity contribution in [1.82, 2.24) is 24.5 Å². The van der Waals surface area contributed by atoms with Gasteiger partial charge in [0, 0.05) is 17.8 Å². The van der Waals surface area contributed by atoms with Crippen LogP contribution < -0.4 is 5.32 Å². The number of thiazole rings is 1. The van der Waals surface area contributed by atoms with Gasteiger partial charge in [-0.15, -0.1) is 11.3 Å². The number of nitrogens with one attached hydrogen (secondary N) is 1. The Morgan fingerprint density at radius 3 is 2.91 bits per heavy atom. The molecule has 23 heavy (non-hydrogen) atoms. The summed E-state index contributed by atoms with van der Waals surface area (Å²) in [4.78, 5) is 27.7. The van der Waals surface area contributed by atoms with Gasteiger partial charge in [-0.25, -0.2) is 4.98 Å². The number of fused-ring (bicyclic) bond motifs is 1. The lowest BCUT2D eigenvalue weighted by atomic mass is 10.3. The second-order valence-electron chi connectivity index (χ2n) is 5.04. The number of carbonyl (C=O) groups is 1. The first kappa shape index (κ1) is 15.2. The van der Waals surface area contributed by atoms with Gasteiger partial charge in [0.2, 0.25) is 5.91 Å². The molecule has 0 saturated carbocycles. The molecule has 120 valence electrons. The van der Waals surface area contributed by atoms with Crippen LogP contribution in [0.25, 0.3) is 4.96 Å². The van der Waals surface area contributed by atoms with Crippen LogP contribution in [-0.2, 0) is 17.9 Å². The summed E-state index contributed by atoms with van der Waals surface area (Å²) in [6.45, 7) is 3.36. The predicted molar refractivity (Wildman–Crippen MR) is 83.3 cm³/mol. The molecule has 1 N–H and O–H groups in total. The van der Waals surface area contributed by atoms with Crippen LogP contribution in [-0.4, -0.2) is 30.0 Å². The molecular weight excluding hydrogens is 320 g/mol. The zero-order valence-corrected chi connectivity index (χ0v) is 13.3. The Morgan fingerprint density at radius 1 is 1.48 bits per heavy atom. The largest absolute Gasteiger partial charge is 0.349 e. The molecule has 3 aromatic heterocycles.